The zero-order valence-corrected chi connectivity index (χ0v) is 21.1. The number of carbonyl (C=O) groups excluding carboxylic acids is 2. The number of nitrogens with one attached hydrogen (secondary N) is 1. The fourth-order valence-electron chi connectivity index (χ4n) is 3.59. The van der Waals surface area contributed by atoms with Crippen LogP contribution in [0.25, 0.3) is 0 Å². The highest BCUT2D eigenvalue weighted by Gasteiger charge is 2.29. The molecule has 4 nitrogen and oxygen atoms in total. The van der Waals surface area contributed by atoms with Crippen LogP contribution in [0.5, 0.6) is 0 Å². The van der Waals surface area contributed by atoms with E-state index in [0.717, 1.165) is 20.5 Å². The maximum absolute atomic E-state index is 13.5. The van der Waals surface area contributed by atoms with Gasteiger partial charge in [0.1, 0.15) is 6.04 Å². The number of amides is 2. The van der Waals surface area contributed by atoms with Crippen LogP contribution >= 0.6 is 27.7 Å². The molecular weight excluding hydrogens is 496 g/mol. The minimum absolute atomic E-state index is 0.0226. The lowest BCUT2D eigenvalue weighted by Crippen LogP contribution is -2.50. The van der Waals surface area contributed by atoms with Gasteiger partial charge in [-0.05, 0) is 42.3 Å². The van der Waals surface area contributed by atoms with E-state index in [4.69, 9.17) is 0 Å². The summed E-state index contributed by atoms with van der Waals surface area (Å²) in [5, 5.41) is 2.93. The van der Waals surface area contributed by atoms with Crippen LogP contribution in [0.2, 0.25) is 0 Å². The van der Waals surface area contributed by atoms with Crippen molar-refractivity contribution in [3.8, 4) is 0 Å². The molecule has 3 rings (SSSR count). The van der Waals surface area contributed by atoms with Gasteiger partial charge in [-0.3, -0.25) is 9.59 Å². The molecule has 2 amide bonds. The van der Waals surface area contributed by atoms with Crippen LogP contribution in [-0.2, 0) is 22.6 Å². The molecule has 3 aromatic carbocycles. The molecule has 1 atom stereocenters. The van der Waals surface area contributed by atoms with E-state index in [-0.39, 0.29) is 11.8 Å². The largest absolute Gasteiger partial charge is 0.355 e. The van der Waals surface area contributed by atoms with Crippen molar-refractivity contribution in [2.75, 3.05) is 12.3 Å². The second-order valence-corrected chi connectivity index (χ2v) is 9.75. The first kappa shape index (κ1) is 25.1. The topological polar surface area (TPSA) is 49.4 Å². The molecular formula is C27H29BrN2O2S. The van der Waals surface area contributed by atoms with Crippen LogP contribution in [-0.4, -0.2) is 35.1 Å². The number of benzene rings is 3. The van der Waals surface area contributed by atoms with Crippen molar-refractivity contribution in [3.63, 3.8) is 0 Å². The summed E-state index contributed by atoms with van der Waals surface area (Å²) in [5.41, 5.74) is 2.01. The quantitative estimate of drug-likeness (QED) is 0.327. The zero-order valence-electron chi connectivity index (χ0n) is 18.7. The molecule has 0 aromatic heterocycles. The normalized spacial score (nSPS) is 11.6. The molecule has 172 valence electrons. The van der Waals surface area contributed by atoms with Gasteiger partial charge in [0.05, 0.1) is 0 Å². The van der Waals surface area contributed by atoms with Crippen molar-refractivity contribution >= 4 is 39.5 Å². The van der Waals surface area contributed by atoms with Gasteiger partial charge in [0.25, 0.3) is 0 Å². The Labute approximate surface area is 208 Å². The van der Waals surface area contributed by atoms with E-state index in [9.17, 15) is 9.59 Å². The molecule has 0 saturated carbocycles. The second-order valence-electron chi connectivity index (χ2n) is 7.66. The molecule has 0 radical (unpaired) electrons. The third kappa shape index (κ3) is 8.06. The summed E-state index contributed by atoms with van der Waals surface area (Å²) in [7, 11) is 0. The average molecular weight is 526 g/mol. The molecule has 0 aliphatic heterocycles. The minimum atomic E-state index is -0.583. The first-order chi connectivity index (χ1) is 16.1. The van der Waals surface area contributed by atoms with Crippen LogP contribution in [0.3, 0.4) is 0 Å². The fourth-order valence-corrected chi connectivity index (χ4v) is 4.90. The van der Waals surface area contributed by atoms with Crippen molar-refractivity contribution in [2.24, 2.45) is 0 Å². The lowest BCUT2D eigenvalue weighted by Gasteiger charge is -2.31. The highest BCUT2D eigenvalue weighted by atomic mass is 79.9. The number of hydrogen-bond acceptors (Lipinski definition) is 3. The SMILES string of the molecule is CCNC(=O)C(Cc1ccccc1)N(Cc1cccc(Br)c1)C(=O)CCSc1ccccc1. The molecule has 3 aromatic rings. The van der Waals surface area contributed by atoms with Gasteiger partial charge >= 0.3 is 0 Å². The Morgan fingerprint density at radius 1 is 0.939 bits per heavy atom. The van der Waals surface area contributed by atoms with Crippen molar-refractivity contribution < 1.29 is 9.59 Å². The van der Waals surface area contributed by atoms with E-state index in [1.807, 2.05) is 91.9 Å². The Hall–Kier alpha value is -2.57. The summed E-state index contributed by atoms with van der Waals surface area (Å²) in [6.45, 7) is 2.80. The maximum Gasteiger partial charge on any atom is 0.243 e. The highest BCUT2D eigenvalue weighted by molar-refractivity contribution is 9.10. The Kier molecular flexibility index (Phi) is 10.0. The number of halogens is 1. The molecule has 0 heterocycles. The van der Waals surface area contributed by atoms with Crippen molar-refractivity contribution in [3.05, 3.63) is 101 Å². The predicted molar refractivity (Wildman–Crippen MR) is 139 cm³/mol. The van der Waals surface area contributed by atoms with Gasteiger partial charge in [-0.2, -0.15) is 0 Å². The summed E-state index contributed by atoms with van der Waals surface area (Å²) in [4.78, 5) is 29.5. The third-order valence-electron chi connectivity index (χ3n) is 5.19. The number of likely N-dealkylation sites (N-methyl/N-ethyl adjacent to an activating group) is 1. The van der Waals surface area contributed by atoms with E-state index in [1.54, 1.807) is 16.7 Å². The van der Waals surface area contributed by atoms with E-state index in [0.29, 0.717) is 31.7 Å². The zero-order chi connectivity index (χ0) is 23.5. The van der Waals surface area contributed by atoms with Gasteiger partial charge in [0.15, 0.2) is 0 Å². The van der Waals surface area contributed by atoms with E-state index >= 15 is 0 Å². The molecule has 0 saturated heterocycles. The van der Waals surface area contributed by atoms with Gasteiger partial charge < -0.3 is 10.2 Å². The Balaban J connectivity index is 1.82. The molecule has 1 N–H and O–H groups in total. The van der Waals surface area contributed by atoms with Crippen molar-refractivity contribution in [1.82, 2.24) is 10.2 Å². The predicted octanol–water partition coefficient (Wildman–Crippen LogP) is 5.71. The number of hydrogen-bond donors (Lipinski definition) is 1. The molecule has 33 heavy (non-hydrogen) atoms. The van der Waals surface area contributed by atoms with Crippen molar-refractivity contribution in [2.45, 2.75) is 37.2 Å². The van der Waals surface area contributed by atoms with Gasteiger partial charge in [-0.1, -0.05) is 76.6 Å². The fraction of sp³-hybridized carbons (Fsp3) is 0.259. The Bertz CT molecular complexity index is 1030. The summed E-state index contributed by atoms with van der Waals surface area (Å²) >= 11 is 5.17. The van der Waals surface area contributed by atoms with Crippen LogP contribution in [0.15, 0.2) is 94.3 Å². The van der Waals surface area contributed by atoms with Crippen LogP contribution < -0.4 is 5.32 Å². The Morgan fingerprint density at radius 3 is 2.27 bits per heavy atom. The van der Waals surface area contributed by atoms with E-state index in [2.05, 4.69) is 21.2 Å². The second kappa shape index (κ2) is 13.2. The third-order valence-corrected chi connectivity index (χ3v) is 6.70. The summed E-state index contributed by atoms with van der Waals surface area (Å²) in [6, 6.07) is 27.2. The monoisotopic (exact) mass is 524 g/mol. The highest BCUT2D eigenvalue weighted by Crippen LogP contribution is 2.21. The first-order valence-corrected chi connectivity index (χ1v) is 12.9. The average Bonchev–Trinajstić information content (AvgIpc) is 2.83. The Morgan fingerprint density at radius 2 is 1.61 bits per heavy atom. The molecule has 0 spiro atoms. The van der Waals surface area contributed by atoms with Gasteiger partial charge in [0.2, 0.25) is 11.8 Å². The van der Waals surface area contributed by atoms with Gasteiger partial charge in [-0.15, -0.1) is 11.8 Å². The molecule has 0 fully saturated rings. The summed E-state index contributed by atoms with van der Waals surface area (Å²) < 4.78 is 0.949. The van der Waals surface area contributed by atoms with Crippen molar-refractivity contribution in [1.29, 1.82) is 0 Å². The van der Waals surface area contributed by atoms with Gasteiger partial charge in [0, 0.05) is 41.1 Å². The van der Waals surface area contributed by atoms with E-state index in [1.165, 1.54) is 0 Å². The van der Waals surface area contributed by atoms with Gasteiger partial charge in [-0.25, -0.2) is 0 Å². The maximum atomic E-state index is 13.5. The lowest BCUT2D eigenvalue weighted by atomic mass is 10.0. The standard InChI is InChI=1S/C27H29BrN2O2S/c1-2-29-27(32)25(19-21-10-5-3-6-11-21)30(20-22-12-9-13-23(28)18-22)26(31)16-17-33-24-14-7-4-8-15-24/h3-15,18,25H,2,16-17,19-20H2,1H3,(H,29,32). The van der Waals surface area contributed by atoms with E-state index < -0.39 is 6.04 Å². The smallest absolute Gasteiger partial charge is 0.243 e. The minimum Gasteiger partial charge on any atom is -0.355 e. The summed E-state index contributed by atoms with van der Waals surface area (Å²) in [6.07, 6.45) is 0.830. The van der Waals surface area contributed by atoms with Crippen LogP contribution in [0.4, 0.5) is 0 Å². The molecule has 1 unspecified atom stereocenters. The molecule has 0 aliphatic rings. The number of thioether (sulfide) groups is 1. The van der Waals surface area contributed by atoms with Crippen LogP contribution in [0, 0.1) is 0 Å². The number of nitrogens with zero attached hydrogens (tertiary/aromatic N) is 1. The molecule has 0 bridgehead atoms. The first-order valence-electron chi connectivity index (χ1n) is 11.1. The summed E-state index contributed by atoms with van der Waals surface area (Å²) in [5.74, 6) is 0.511. The molecule has 0 aliphatic carbocycles. The lowest BCUT2D eigenvalue weighted by molar-refractivity contribution is -0.140. The number of rotatable bonds is 11. The number of carbonyl (C=O) groups is 2. The molecule has 6 heteroatoms. The van der Waals surface area contributed by atoms with Crippen LogP contribution in [0.1, 0.15) is 24.5 Å².